The molecule has 0 amide bonds. The van der Waals surface area contributed by atoms with E-state index in [2.05, 4.69) is 21.2 Å². The Morgan fingerprint density at radius 3 is 2.73 bits per heavy atom. The summed E-state index contributed by atoms with van der Waals surface area (Å²) in [6, 6.07) is 5.22. The summed E-state index contributed by atoms with van der Waals surface area (Å²) in [5.74, 6) is -0.217. The topological polar surface area (TPSA) is 21.3 Å². The van der Waals surface area contributed by atoms with Crippen LogP contribution >= 0.6 is 15.9 Å². The van der Waals surface area contributed by atoms with Crippen molar-refractivity contribution >= 4 is 15.9 Å². The van der Waals surface area contributed by atoms with Crippen LogP contribution in [0.4, 0.5) is 4.39 Å². The van der Waals surface area contributed by atoms with Crippen molar-refractivity contribution in [1.29, 1.82) is 0 Å². The first-order valence-electron chi connectivity index (χ1n) is 4.85. The highest BCUT2D eigenvalue weighted by Gasteiger charge is 2.36. The molecule has 1 aliphatic rings. The van der Waals surface area contributed by atoms with E-state index in [9.17, 15) is 4.39 Å². The van der Waals surface area contributed by atoms with Gasteiger partial charge in [0.05, 0.1) is 10.1 Å². The molecule has 1 N–H and O–H groups in total. The van der Waals surface area contributed by atoms with Gasteiger partial charge >= 0.3 is 0 Å². The summed E-state index contributed by atoms with van der Waals surface area (Å²) in [4.78, 5) is 0. The Balaban J connectivity index is 2.13. The summed E-state index contributed by atoms with van der Waals surface area (Å²) in [5, 5.41) is 3.17. The van der Waals surface area contributed by atoms with Crippen LogP contribution in [-0.2, 0) is 11.2 Å². The Hall–Kier alpha value is -0.450. The molecule has 82 valence electrons. The van der Waals surface area contributed by atoms with Crippen LogP contribution in [0.25, 0.3) is 0 Å². The first-order chi connectivity index (χ1) is 7.15. The third-order valence-corrected chi connectivity index (χ3v) is 3.48. The summed E-state index contributed by atoms with van der Waals surface area (Å²) in [6.07, 6.45) is 0.751. The molecule has 15 heavy (non-hydrogen) atoms. The minimum atomic E-state index is -0.217. The lowest BCUT2D eigenvalue weighted by Gasteiger charge is -2.41. The van der Waals surface area contributed by atoms with E-state index in [1.54, 1.807) is 19.2 Å². The molecule has 2 rings (SSSR count). The first kappa shape index (κ1) is 11.0. The number of ether oxygens (including phenoxy) is 1. The number of halogens is 2. The van der Waals surface area contributed by atoms with Gasteiger partial charge in [-0.1, -0.05) is 6.07 Å². The lowest BCUT2D eigenvalue weighted by molar-refractivity contribution is -0.0502. The molecule has 0 radical (unpaired) electrons. The van der Waals surface area contributed by atoms with Crippen molar-refractivity contribution in [1.82, 2.24) is 5.32 Å². The summed E-state index contributed by atoms with van der Waals surface area (Å²) >= 11 is 3.14. The molecule has 4 heteroatoms. The highest BCUT2D eigenvalue weighted by Crippen LogP contribution is 2.24. The molecule has 2 nitrogen and oxygen atoms in total. The maximum absolute atomic E-state index is 13.3. The van der Waals surface area contributed by atoms with Gasteiger partial charge in [0.2, 0.25) is 0 Å². The quantitative estimate of drug-likeness (QED) is 0.911. The first-order valence-corrected chi connectivity index (χ1v) is 5.64. The van der Waals surface area contributed by atoms with E-state index in [0.717, 1.165) is 25.1 Å². The summed E-state index contributed by atoms with van der Waals surface area (Å²) in [5.41, 5.74) is 0.833. The molecule has 0 aliphatic carbocycles. The molecule has 1 aromatic carbocycles. The number of hydrogen-bond donors (Lipinski definition) is 1. The maximum Gasteiger partial charge on any atom is 0.137 e. The standard InChI is InChI=1S/C11H13BrFNO/c1-15-11(6-14-7-11)5-8-2-3-9(12)10(13)4-8/h2-4,14H,5-7H2,1H3. The number of hydrogen-bond acceptors (Lipinski definition) is 2. The van der Waals surface area contributed by atoms with Gasteiger partial charge in [-0.2, -0.15) is 0 Å². The predicted molar refractivity (Wildman–Crippen MR) is 60.4 cm³/mol. The van der Waals surface area contributed by atoms with E-state index < -0.39 is 0 Å². The molecule has 1 aromatic rings. The molecule has 1 saturated heterocycles. The van der Waals surface area contributed by atoms with Gasteiger partial charge in [-0.25, -0.2) is 4.39 Å². The van der Waals surface area contributed by atoms with E-state index >= 15 is 0 Å². The van der Waals surface area contributed by atoms with E-state index in [4.69, 9.17) is 4.74 Å². The van der Waals surface area contributed by atoms with Gasteiger partial charge in [-0.3, -0.25) is 0 Å². The van der Waals surface area contributed by atoms with Gasteiger partial charge in [0.15, 0.2) is 0 Å². The fourth-order valence-corrected chi connectivity index (χ4v) is 2.01. The summed E-state index contributed by atoms with van der Waals surface area (Å²) < 4.78 is 19.2. The van der Waals surface area contributed by atoms with E-state index in [1.165, 1.54) is 0 Å². The number of nitrogens with one attached hydrogen (secondary N) is 1. The lowest BCUT2D eigenvalue weighted by atomic mass is 9.89. The van der Waals surface area contributed by atoms with Gasteiger partial charge in [0, 0.05) is 26.6 Å². The third kappa shape index (κ3) is 2.22. The van der Waals surface area contributed by atoms with E-state index in [0.29, 0.717) is 4.47 Å². The minimum absolute atomic E-state index is 0.139. The second kappa shape index (κ2) is 4.20. The van der Waals surface area contributed by atoms with Crippen LogP contribution in [-0.4, -0.2) is 25.8 Å². The zero-order valence-electron chi connectivity index (χ0n) is 8.52. The average molecular weight is 274 g/mol. The molecule has 0 unspecified atom stereocenters. The highest BCUT2D eigenvalue weighted by atomic mass is 79.9. The normalized spacial score (nSPS) is 18.6. The zero-order valence-corrected chi connectivity index (χ0v) is 10.1. The van der Waals surface area contributed by atoms with Crippen LogP contribution in [0.1, 0.15) is 5.56 Å². The largest absolute Gasteiger partial charge is 0.375 e. The van der Waals surface area contributed by atoms with Crippen LogP contribution in [0.2, 0.25) is 0 Å². The summed E-state index contributed by atoms with van der Waals surface area (Å²) in [7, 11) is 1.70. The fraction of sp³-hybridized carbons (Fsp3) is 0.455. The van der Waals surface area contributed by atoms with Gasteiger partial charge in [-0.05, 0) is 33.6 Å². The summed E-state index contributed by atoms with van der Waals surface area (Å²) in [6.45, 7) is 1.67. The van der Waals surface area contributed by atoms with Crippen molar-refractivity contribution in [3.63, 3.8) is 0 Å². The van der Waals surface area contributed by atoms with Crippen LogP contribution < -0.4 is 5.32 Å². The van der Waals surface area contributed by atoms with Gasteiger partial charge < -0.3 is 10.1 Å². The van der Waals surface area contributed by atoms with Crippen LogP contribution in [0, 0.1) is 5.82 Å². The van der Waals surface area contributed by atoms with Crippen LogP contribution in [0.3, 0.4) is 0 Å². The van der Waals surface area contributed by atoms with Crippen LogP contribution in [0.15, 0.2) is 22.7 Å². The molecular weight excluding hydrogens is 261 g/mol. The highest BCUT2D eigenvalue weighted by molar-refractivity contribution is 9.10. The monoisotopic (exact) mass is 273 g/mol. The predicted octanol–water partition coefficient (Wildman–Crippen LogP) is 2.12. The molecule has 0 spiro atoms. The molecular formula is C11H13BrFNO. The van der Waals surface area contributed by atoms with Gasteiger partial charge in [0.1, 0.15) is 5.82 Å². The number of benzene rings is 1. The van der Waals surface area contributed by atoms with Crippen molar-refractivity contribution in [2.45, 2.75) is 12.0 Å². The maximum atomic E-state index is 13.3. The minimum Gasteiger partial charge on any atom is -0.375 e. The Morgan fingerprint density at radius 2 is 2.27 bits per heavy atom. The van der Waals surface area contributed by atoms with Crippen molar-refractivity contribution in [3.8, 4) is 0 Å². The second-order valence-electron chi connectivity index (χ2n) is 3.92. The average Bonchev–Trinajstić information content (AvgIpc) is 2.17. The number of methoxy groups -OCH3 is 1. The molecule has 1 heterocycles. The van der Waals surface area contributed by atoms with E-state index in [-0.39, 0.29) is 11.4 Å². The fourth-order valence-electron chi connectivity index (χ4n) is 1.77. The Labute approximate surface area is 96.9 Å². The molecule has 0 saturated carbocycles. The van der Waals surface area contributed by atoms with Gasteiger partial charge in [0.25, 0.3) is 0 Å². The van der Waals surface area contributed by atoms with Crippen LogP contribution in [0.5, 0.6) is 0 Å². The SMILES string of the molecule is COC1(Cc2ccc(Br)c(F)c2)CNC1. The molecule has 0 bridgehead atoms. The van der Waals surface area contributed by atoms with Crippen molar-refractivity contribution < 1.29 is 9.13 Å². The van der Waals surface area contributed by atoms with E-state index in [1.807, 2.05) is 6.07 Å². The van der Waals surface area contributed by atoms with Crippen molar-refractivity contribution in [2.75, 3.05) is 20.2 Å². The second-order valence-corrected chi connectivity index (χ2v) is 4.77. The number of rotatable bonds is 3. The van der Waals surface area contributed by atoms with Crippen molar-refractivity contribution in [3.05, 3.63) is 34.1 Å². The van der Waals surface area contributed by atoms with Gasteiger partial charge in [-0.15, -0.1) is 0 Å². The smallest absolute Gasteiger partial charge is 0.137 e. The molecule has 1 aliphatic heterocycles. The third-order valence-electron chi connectivity index (χ3n) is 2.84. The Morgan fingerprint density at radius 1 is 1.53 bits per heavy atom. The zero-order chi connectivity index (χ0) is 10.9. The molecule has 0 aromatic heterocycles. The molecule has 1 fully saturated rings. The Kier molecular flexibility index (Phi) is 3.09. The Bertz CT molecular complexity index is 360. The van der Waals surface area contributed by atoms with Crippen molar-refractivity contribution in [2.24, 2.45) is 0 Å². The lowest BCUT2D eigenvalue weighted by Crippen LogP contribution is -2.61. The molecule has 0 atom stereocenters.